The van der Waals surface area contributed by atoms with Gasteiger partial charge in [0.05, 0.1) is 5.56 Å². The normalized spacial score (nSPS) is 11.8. The fourth-order valence-corrected chi connectivity index (χ4v) is 1.22. The lowest BCUT2D eigenvalue weighted by Gasteiger charge is -2.10. The summed E-state index contributed by atoms with van der Waals surface area (Å²) in [4.78, 5) is 22.1. The van der Waals surface area contributed by atoms with E-state index < -0.39 is 12.1 Å². The van der Waals surface area contributed by atoms with Crippen molar-refractivity contribution in [2.24, 2.45) is 0 Å². The molecular formula is C12H14O3. The van der Waals surface area contributed by atoms with Crippen molar-refractivity contribution in [2.75, 3.05) is 0 Å². The molecule has 0 spiro atoms. The van der Waals surface area contributed by atoms with Crippen molar-refractivity contribution in [3.05, 3.63) is 35.9 Å². The predicted molar refractivity (Wildman–Crippen MR) is 56.6 cm³/mol. The largest absolute Gasteiger partial charge is 0.451 e. The molecule has 1 aromatic carbocycles. The van der Waals surface area contributed by atoms with Gasteiger partial charge in [-0.2, -0.15) is 0 Å². The van der Waals surface area contributed by atoms with Gasteiger partial charge in [-0.15, -0.1) is 0 Å². The minimum atomic E-state index is -0.622. The summed E-state index contributed by atoms with van der Waals surface area (Å²) in [5, 5.41) is 0. The van der Waals surface area contributed by atoms with E-state index in [2.05, 4.69) is 0 Å². The average Bonchev–Trinajstić information content (AvgIpc) is 2.29. The highest BCUT2D eigenvalue weighted by atomic mass is 16.5. The monoisotopic (exact) mass is 206 g/mol. The third-order valence-electron chi connectivity index (χ3n) is 1.99. The number of hydrogen-bond donors (Lipinski definition) is 0. The topological polar surface area (TPSA) is 43.4 Å². The summed E-state index contributed by atoms with van der Waals surface area (Å²) in [5.74, 6) is -0.443. The number of esters is 1. The van der Waals surface area contributed by atoms with Crippen molar-refractivity contribution in [1.82, 2.24) is 0 Å². The van der Waals surface area contributed by atoms with E-state index in [1.54, 1.807) is 24.3 Å². The molecule has 0 heterocycles. The van der Waals surface area contributed by atoms with Crippen LogP contribution in [0.2, 0.25) is 0 Å². The minimum absolute atomic E-state index is 0.443. The first-order valence-corrected chi connectivity index (χ1v) is 4.99. The van der Waals surface area contributed by atoms with Crippen LogP contribution in [0, 0.1) is 0 Å². The van der Waals surface area contributed by atoms with Crippen LogP contribution in [0.25, 0.3) is 0 Å². The summed E-state index contributed by atoms with van der Waals surface area (Å²) >= 11 is 0. The van der Waals surface area contributed by atoms with Gasteiger partial charge in [0, 0.05) is 0 Å². The molecule has 0 aliphatic carbocycles. The van der Waals surface area contributed by atoms with Gasteiger partial charge in [-0.1, -0.05) is 31.5 Å². The van der Waals surface area contributed by atoms with Crippen molar-refractivity contribution in [3.8, 4) is 0 Å². The van der Waals surface area contributed by atoms with Gasteiger partial charge in [0.25, 0.3) is 0 Å². The van der Waals surface area contributed by atoms with Crippen LogP contribution in [0.5, 0.6) is 0 Å². The average molecular weight is 206 g/mol. The Balaban J connectivity index is 2.58. The molecule has 0 fully saturated rings. The summed E-state index contributed by atoms with van der Waals surface area (Å²) in [6, 6.07) is 8.66. The van der Waals surface area contributed by atoms with Gasteiger partial charge in [0.2, 0.25) is 0 Å². The molecule has 0 radical (unpaired) electrons. The van der Waals surface area contributed by atoms with Gasteiger partial charge in [0.15, 0.2) is 12.4 Å². The minimum Gasteiger partial charge on any atom is -0.451 e. The molecule has 0 aliphatic heterocycles. The zero-order valence-electron chi connectivity index (χ0n) is 8.68. The van der Waals surface area contributed by atoms with E-state index in [0.717, 1.165) is 6.42 Å². The number of aldehydes is 1. The summed E-state index contributed by atoms with van der Waals surface area (Å²) in [6.07, 6.45) is 1.43. The van der Waals surface area contributed by atoms with E-state index in [4.69, 9.17) is 4.74 Å². The number of carbonyl (C=O) groups is 2. The Kier molecular flexibility index (Phi) is 4.54. The number of ether oxygens (including phenoxy) is 1. The Hall–Kier alpha value is -1.64. The molecule has 0 saturated carbocycles. The van der Waals surface area contributed by atoms with E-state index in [0.29, 0.717) is 18.3 Å². The van der Waals surface area contributed by atoms with E-state index >= 15 is 0 Å². The summed E-state index contributed by atoms with van der Waals surface area (Å²) in [7, 11) is 0. The zero-order valence-corrected chi connectivity index (χ0v) is 8.68. The maximum absolute atomic E-state index is 11.5. The first-order valence-electron chi connectivity index (χ1n) is 4.99. The van der Waals surface area contributed by atoms with Gasteiger partial charge in [-0.25, -0.2) is 4.79 Å². The van der Waals surface area contributed by atoms with Crippen LogP contribution in [-0.2, 0) is 9.53 Å². The second-order valence-corrected chi connectivity index (χ2v) is 3.23. The third kappa shape index (κ3) is 3.54. The molecule has 0 bridgehead atoms. The highest BCUT2D eigenvalue weighted by Crippen LogP contribution is 2.06. The van der Waals surface area contributed by atoms with E-state index in [1.165, 1.54) is 0 Å². The van der Waals surface area contributed by atoms with Crippen molar-refractivity contribution in [1.29, 1.82) is 0 Å². The lowest BCUT2D eigenvalue weighted by molar-refractivity contribution is -0.115. The lowest BCUT2D eigenvalue weighted by atomic mass is 10.2. The van der Waals surface area contributed by atoms with Crippen LogP contribution in [0.15, 0.2) is 30.3 Å². The van der Waals surface area contributed by atoms with Crippen LogP contribution in [0.3, 0.4) is 0 Å². The van der Waals surface area contributed by atoms with Crippen LogP contribution in [-0.4, -0.2) is 18.4 Å². The second kappa shape index (κ2) is 5.96. The molecule has 0 N–H and O–H groups in total. The molecule has 0 amide bonds. The molecule has 3 heteroatoms. The summed E-state index contributed by atoms with van der Waals surface area (Å²) in [5.41, 5.74) is 0.473. The second-order valence-electron chi connectivity index (χ2n) is 3.23. The van der Waals surface area contributed by atoms with E-state index in [9.17, 15) is 9.59 Å². The molecule has 1 rings (SSSR count). The molecule has 0 saturated heterocycles. The highest BCUT2D eigenvalue weighted by molar-refractivity contribution is 5.90. The molecule has 80 valence electrons. The third-order valence-corrected chi connectivity index (χ3v) is 1.99. The number of carbonyl (C=O) groups excluding carboxylic acids is 2. The lowest BCUT2D eigenvalue weighted by Crippen LogP contribution is -2.19. The molecular weight excluding hydrogens is 192 g/mol. The molecule has 15 heavy (non-hydrogen) atoms. The Morgan fingerprint density at radius 1 is 1.40 bits per heavy atom. The van der Waals surface area contributed by atoms with Crippen molar-refractivity contribution < 1.29 is 14.3 Å². The maximum Gasteiger partial charge on any atom is 0.338 e. The molecule has 0 aromatic heterocycles. The smallest absolute Gasteiger partial charge is 0.338 e. The standard InChI is InChI=1S/C12H14O3/c1-2-6-11(9-13)15-12(14)10-7-4-3-5-8-10/h3-5,7-9,11H,2,6H2,1H3. The first-order chi connectivity index (χ1) is 7.27. The SMILES string of the molecule is CCCC(C=O)OC(=O)c1ccccc1. The molecule has 0 aliphatic rings. The number of hydrogen-bond acceptors (Lipinski definition) is 3. The van der Waals surface area contributed by atoms with Gasteiger partial charge in [0.1, 0.15) is 0 Å². The van der Waals surface area contributed by atoms with Gasteiger partial charge < -0.3 is 4.74 Å². The molecule has 3 nitrogen and oxygen atoms in total. The fourth-order valence-electron chi connectivity index (χ4n) is 1.22. The first kappa shape index (κ1) is 11.4. The number of rotatable bonds is 5. The Labute approximate surface area is 89.1 Å². The Bertz CT molecular complexity index is 319. The molecule has 1 unspecified atom stereocenters. The van der Waals surface area contributed by atoms with Crippen LogP contribution >= 0.6 is 0 Å². The maximum atomic E-state index is 11.5. The van der Waals surface area contributed by atoms with Crippen molar-refractivity contribution >= 4 is 12.3 Å². The Morgan fingerprint density at radius 3 is 2.60 bits per heavy atom. The van der Waals surface area contributed by atoms with Gasteiger partial charge in [-0.3, -0.25) is 4.79 Å². The molecule has 1 atom stereocenters. The fraction of sp³-hybridized carbons (Fsp3) is 0.333. The summed E-state index contributed by atoms with van der Waals surface area (Å²) in [6.45, 7) is 1.94. The highest BCUT2D eigenvalue weighted by Gasteiger charge is 2.13. The quantitative estimate of drug-likeness (QED) is 0.548. The van der Waals surface area contributed by atoms with Gasteiger partial charge in [-0.05, 0) is 18.6 Å². The van der Waals surface area contributed by atoms with Crippen LogP contribution in [0.1, 0.15) is 30.1 Å². The number of benzene rings is 1. The van der Waals surface area contributed by atoms with E-state index in [1.807, 2.05) is 13.0 Å². The van der Waals surface area contributed by atoms with E-state index in [-0.39, 0.29) is 0 Å². The van der Waals surface area contributed by atoms with Crippen molar-refractivity contribution in [3.63, 3.8) is 0 Å². The molecule has 1 aromatic rings. The van der Waals surface area contributed by atoms with Crippen LogP contribution < -0.4 is 0 Å². The van der Waals surface area contributed by atoms with Crippen molar-refractivity contribution in [2.45, 2.75) is 25.9 Å². The Morgan fingerprint density at radius 2 is 2.07 bits per heavy atom. The zero-order chi connectivity index (χ0) is 11.1. The van der Waals surface area contributed by atoms with Gasteiger partial charge >= 0.3 is 5.97 Å². The predicted octanol–water partition coefficient (Wildman–Crippen LogP) is 2.21. The summed E-state index contributed by atoms with van der Waals surface area (Å²) < 4.78 is 5.02. The van der Waals surface area contributed by atoms with Crippen LogP contribution in [0.4, 0.5) is 0 Å².